The van der Waals surface area contributed by atoms with Gasteiger partial charge in [-0.3, -0.25) is 15.1 Å². The first-order chi connectivity index (χ1) is 12.7. The summed E-state index contributed by atoms with van der Waals surface area (Å²) >= 11 is 0. The predicted molar refractivity (Wildman–Crippen MR) is 102 cm³/mol. The maximum Gasteiger partial charge on any atom is 0.269 e. The summed E-state index contributed by atoms with van der Waals surface area (Å²) in [5.74, 6) is 0. The zero-order valence-corrected chi connectivity index (χ0v) is 14.0. The SMILES string of the molecule is O=[N+]([O-])c1ccc(N2N=C(c3ccccc3)C[C@@H]2c2ccccc2)cc1. The maximum atomic E-state index is 10.9. The van der Waals surface area contributed by atoms with Crippen LogP contribution in [0.4, 0.5) is 11.4 Å². The molecule has 3 aromatic carbocycles. The molecule has 0 saturated carbocycles. The number of rotatable bonds is 4. The van der Waals surface area contributed by atoms with Gasteiger partial charge in [0, 0.05) is 18.6 Å². The van der Waals surface area contributed by atoms with Gasteiger partial charge in [-0.2, -0.15) is 5.10 Å². The van der Waals surface area contributed by atoms with Crippen LogP contribution in [-0.4, -0.2) is 10.6 Å². The zero-order chi connectivity index (χ0) is 17.9. The van der Waals surface area contributed by atoms with Crippen molar-refractivity contribution in [3.8, 4) is 0 Å². The second-order valence-electron chi connectivity index (χ2n) is 6.16. The minimum absolute atomic E-state index is 0.0628. The highest BCUT2D eigenvalue weighted by atomic mass is 16.6. The molecule has 0 N–H and O–H groups in total. The normalized spacial score (nSPS) is 16.4. The van der Waals surface area contributed by atoms with Gasteiger partial charge >= 0.3 is 0 Å². The summed E-state index contributed by atoms with van der Waals surface area (Å²) < 4.78 is 0. The maximum absolute atomic E-state index is 10.9. The first-order valence-corrected chi connectivity index (χ1v) is 8.44. The Morgan fingerprint density at radius 1 is 0.885 bits per heavy atom. The van der Waals surface area contributed by atoms with Crippen molar-refractivity contribution >= 4 is 17.1 Å². The van der Waals surface area contributed by atoms with Crippen LogP contribution in [0.5, 0.6) is 0 Å². The summed E-state index contributed by atoms with van der Waals surface area (Å²) in [6.45, 7) is 0. The van der Waals surface area contributed by atoms with Gasteiger partial charge in [0.1, 0.15) is 0 Å². The first kappa shape index (κ1) is 16.0. The molecular weight excluding hydrogens is 326 g/mol. The third-order valence-electron chi connectivity index (χ3n) is 4.53. The van der Waals surface area contributed by atoms with Gasteiger partial charge in [0.05, 0.1) is 22.4 Å². The highest BCUT2D eigenvalue weighted by molar-refractivity contribution is 6.03. The number of anilines is 1. The number of nitro benzene ring substituents is 1. The number of nitrogens with zero attached hydrogens (tertiary/aromatic N) is 3. The first-order valence-electron chi connectivity index (χ1n) is 8.44. The van der Waals surface area contributed by atoms with Crippen molar-refractivity contribution in [3.05, 3.63) is 106 Å². The second-order valence-corrected chi connectivity index (χ2v) is 6.16. The van der Waals surface area contributed by atoms with E-state index in [1.54, 1.807) is 12.1 Å². The van der Waals surface area contributed by atoms with Crippen LogP contribution >= 0.6 is 0 Å². The Bertz CT molecular complexity index is 938. The molecule has 5 heteroatoms. The highest BCUT2D eigenvalue weighted by Crippen LogP contribution is 2.37. The molecule has 1 heterocycles. The molecule has 0 spiro atoms. The standard InChI is InChI=1S/C21H17N3O2/c25-24(26)19-13-11-18(12-14-19)23-21(17-9-5-2-6-10-17)15-20(22-23)16-7-3-1-4-8-16/h1-14,21H,15H2/t21-/m1/s1. The molecule has 0 unspecified atom stereocenters. The van der Waals surface area contributed by atoms with Crippen molar-refractivity contribution in [2.45, 2.75) is 12.5 Å². The Balaban J connectivity index is 1.73. The third-order valence-corrected chi connectivity index (χ3v) is 4.53. The second kappa shape index (κ2) is 6.80. The minimum atomic E-state index is -0.388. The summed E-state index contributed by atoms with van der Waals surface area (Å²) in [6.07, 6.45) is 0.783. The van der Waals surface area contributed by atoms with Crippen molar-refractivity contribution in [1.82, 2.24) is 0 Å². The van der Waals surface area contributed by atoms with E-state index in [9.17, 15) is 10.1 Å². The van der Waals surface area contributed by atoms with Gasteiger partial charge in [-0.1, -0.05) is 60.7 Å². The highest BCUT2D eigenvalue weighted by Gasteiger charge is 2.29. The minimum Gasteiger partial charge on any atom is -0.258 e. The molecule has 0 radical (unpaired) electrons. The van der Waals surface area contributed by atoms with Crippen molar-refractivity contribution in [2.75, 3.05) is 5.01 Å². The smallest absolute Gasteiger partial charge is 0.258 e. The molecule has 0 amide bonds. The van der Waals surface area contributed by atoms with E-state index in [-0.39, 0.29) is 16.7 Å². The molecule has 0 fully saturated rings. The monoisotopic (exact) mass is 343 g/mol. The van der Waals surface area contributed by atoms with E-state index in [2.05, 4.69) is 24.3 Å². The largest absolute Gasteiger partial charge is 0.269 e. The summed E-state index contributed by atoms with van der Waals surface area (Å²) in [4.78, 5) is 10.5. The van der Waals surface area contributed by atoms with Crippen LogP contribution in [-0.2, 0) is 0 Å². The Kier molecular flexibility index (Phi) is 4.19. The Hall–Kier alpha value is -3.47. The fourth-order valence-electron chi connectivity index (χ4n) is 3.22. The number of hydrogen-bond donors (Lipinski definition) is 0. The molecule has 0 saturated heterocycles. The van der Waals surface area contributed by atoms with E-state index in [4.69, 9.17) is 5.10 Å². The Labute approximate surface area is 151 Å². The number of benzene rings is 3. The quantitative estimate of drug-likeness (QED) is 0.497. The van der Waals surface area contributed by atoms with Crippen LogP contribution in [0.15, 0.2) is 90.0 Å². The fourth-order valence-corrected chi connectivity index (χ4v) is 3.22. The Morgan fingerprint density at radius 3 is 2.12 bits per heavy atom. The molecule has 128 valence electrons. The summed E-state index contributed by atoms with van der Waals surface area (Å²) in [6, 6.07) is 26.9. The molecule has 1 aliphatic rings. The van der Waals surface area contributed by atoms with Crippen molar-refractivity contribution in [2.24, 2.45) is 5.10 Å². The van der Waals surface area contributed by atoms with Gasteiger partial charge in [0.15, 0.2) is 0 Å². The van der Waals surface area contributed by atoms with E-state index in [1.807, 2.05) is 41.4 Å². The van der Waals surface area contributed by atoms with Crippen LogP contribution in [0.25, 0.3) is 0 Å². The molecule has 0 aromatic heterocycles. The number of hydrogen-bond acceptors (Lipinski definition) is 4. The molecule has 4 rings (SSSR count). The van der Waals surface area contributed by atoms with Crippen LogP contribution in [0.3, 0.4) is 0 Å². The lowest BCUT2D eigenvalue weighted by Crippen LogP contribution is -2.18. The predicted octanol–water partition coefficient (Wildman–Crippen LogP) is 4.95. The summed E-state index contributed by atoms with van der Waals surface area (Å²) in [7, 11) is 0. The lowest BCUT2D eigenvalue weighted by atomic mass is 9.98. The molecule has 1 aliphatic heterocycles. The number of hydrazone groups is 1. The van der Waals surface area contributed by atoms with E-state index in [0.29, 0.717) is 0 Å². The lowest BCUT2D eigenvalue weighted by Gasteiger charge is -2.23. The van der Waals surface area contributed by atoms with E-state index >= 15 is 0 Å². The molecule has 0 aliphatic carbocycles. The molecule has 0 bridgehead atoms. The van der Waals surface area contributed by atoms with Crippen molar-refractivity contribution in [3.63, 3.8) is 0 Å². The lowest BCUT2D eigenvalue weighted by molar-refractivity contribution is -0.384. The number of non-ortho nitro benzene ring substituents is 1. The van der Waals surface area contributed by atoms with Crippen LogP contribution < -0.4 is 5.01 Å². The van der Waals surface area contributed by atoms with Gasteiger partial charge in [0.2, 0.25) is 0 Å². The fraction of sp³-hybridized carbons (Fsp3) is 0.0952. The van der Waals surface area contributed by atoms with Gasteiger partial charge in [-0.05, 0) is 23.3 Å². The number of nitro groups is 1. The third kappa shape index (κ3) is 3.07. The molecule has 1 atom stereocenters. The Morgan fingerprint density at radius 2 is 1.50 bits per heavy atom. The average molecular weight is 343 g/mol. The molecule has 5 nitrogen and oxygen atoms in total. The van der Waals surface area contributed by atoms with Crippen molar-refractivity contribution in [1.29, 1.82) is 0 Å². The van der Waals surface area contributed by atoms with E-state index in [1.165, 1.54) is 17.7 Å². The van der Waals surface area contributed by atoms with Crippen molar-refractivity contribution < 1.29 is 4.92 Å². The van der Waals surface area contributed by atoms with E-state index < -0.39 is 0 Å². The van der Waals surface area contributed by atoms with Gasteiger partial charge < -0.3 is 0 Å². The molecule has 26 heavy (non-hydrogen) atoms. The zero-order valence-electron chi connectivity index (χ0n) is 14.0. The average Bonchev–Trinajstić information content (AvgIpc) is 3.15. The van der Waals surface area contributed by atoms with Crippen LogP contribution in [0, 0.1) is 10.1 Å². The molecular formula is C21H17N3O2. The van der Waals surface area contributed by atoms with Gasteiger partial charge in [-0.25, -0.2) is 0 Å². The van der Waals surface area contributed by atoms with Gasteiger partial charge in [-0.15, -0.1) is 0 Å². The summed E-state index contributed by atoms with van der Waals surface area (Å²) in [5, 5.41) is 17.7. The van der Waals surface area contributed by atoms with E-state index in [0.717, 1.165) is 23.4 Å². The molecule has 3 aromatic rings. The van der Waals surface area contributed by atoms with Crippen LogP contribution in [0.2, 0.25) is 0 Å². The topological polar surface area (TPSA) is 58.7 Å². The van der Waals surface area contributed by atoms with Gasteiger partial charge in [0.25, 0.3) is 5.69 Å². The van der Waals surface area contributed by atoms with Crippen LogP contribution in [0.1, 0.15) is 23.6 Å². The summed E-state index contributed by atoms with van der Waals surface area (Å²) in [5.41, 5.74) is 4.20.